The Hall–Kier alpha value is -2.40. The zero-order chi connectivity index (χ0) is 18.4. The number of nitrogens with one attached hydrogen (secondary N) is 1. The third-order valence-electron chi connectivity index (χ3n) is 6.34. The average Bonchev–Trinajstić information content (AvgIpc) is 2.98. The molecule has 1 N–H and O–H groups in total. The van der Waals surface area contributed by atoms with E-state index in [1.54, 1.807) is 5.57 Å². The van der Waals surface area contributed by atoms with Gasteiger partial charge in [-0.3, -0.25) is 4.79 Å². The first kappa shape index (κ1) is 16.8. The van der Waals surface area contributed by atoms with Crippen molar-refractivity contribution >= 4 is 22.5 Å². The molecule has 5 nitrogen and oxygen atoms in total. The highest BCUT2D eigenvalue weighted by atomic mass is 16.1. The molecule has 0 saturated carbocycles. The van der Waals surface area contributed by atoms with Crippen molar-refractivity contribution in [2.45, 2.75) is 32.2 Å². The van der Waals surface area contributed by atoms with Crippen molar-refractivity contribution in [1.82, 2.24) is 19.8 Å². The maximum absolute atomic E-state index is 12.3. The SMILES string of the molecule is CN1CCC(C2=CC=C(c3nc4cccc5c4n3CCNC5=O)CC2)CC1. The number of allylic oxidation sites excluding steroid dienone is 4. The average molecular weight is 362 g/mol. The van der Waals surface area contributed by atoms with E-state index in [1.807, 2.05) is 18.2 Å². The summed E-state index contributed by atoms with van der Waals surface area (Å²) in [7, 11) is 2.22. The van der Waals surface area contributed by atoms with Crippen LogP contribution < -0.4 is 5.32 Å². The highest BCUT2D eigenvalue weighted by Gasteiger charge is 2.25. The van der Waals surface area contributed by atoms with Crippen LogP contribution in [0.2, 0.25) is 0 Å². The van der Waals surface area contributed by atoms with Gasteiger partial charge in [0, 0.05) is 13.1 Å². The van der Waals surface area contributed by atoms with Crippen LogP contribution in [-0.4, -0.2) is 47.0 Å². The molecule has 1 amide bonds. The number of amides is 1. The third kappa shape index (κ3) is 2.90. The van der Waals surface area contributed by atoms with Crippen molar-refractivity contribution in [3.8, 4) is 0 Å². The van der Waals surface area contributed by atoms with Gasteiger partial charge in [0.25, 0.3) is 5.91 Å². The van der Waals surface area contributed by atoms with Crippen molar-refractivity contribution in [1.29, 1.82) is 0 Å². The number of imidazole rings is 1. The molecule has 1 aliphatic carbocycles. The van der Waals surface area contributed by atoms with Crippen molar-refractivity contribution < 1.29 is 4.79 Å². The van der Waals surface area contributed by atoms with Crippen LogP contribution in [-0.2, 0) is 6.54 Å². The lowest BCUT2D eigenvalue weighted by Gasteiger charge is -2.31. The number of carbonyl (C=O) groups is 1. The van der Waals surface area contributed by atoms with Gasteiger partial charge < -0.3 is 14.8 Å². The maximum atomic E-state index is 12.3. The molecular weight excluding hydrogens is 336 g/mol. The summed E-state index contributed by atoms with van der Waals surface area (Å²) in [6, 6.07) is 5.84. The quantitative estimate of drug-likeness (QED) is 0.892. The molecule has 0 unspecified atom stereocenters. The van der Waals surface area contributed by atoms with Gasteiger partial charge >= 0.3 is 0 Å². The number of nitrogens with zero attached hydrogens (tertiary/aromatic N) is 3. The molecule has 27 heavy (non-hydrogen) atoms. The van der Waals surface area contributed by atoms with E-state index in [9.17, 15) is 4.79 Å². The molecule has 2 aliphatic heterocycles. The molecule has 1 aromatic carbocycles. The molecule has 0 atom stereocenters. The van der Waals surface area contributed by atoms with Crippen LogP contribution in [0.3, 0.4) is 0 Å². The third-order valence-corrected chi connectivity index (χ3v) is 6.34. The van der Waals surface area contributed by atoms with E-state index in [4.69, 9.17) is 4.98 Å². The Morgan fingerprint density at radius 2 is 1.96 bits per heavy atom. The lowest BCUT2D eigenvalue weighted by atomic mass is 9.83. The van der Waals surface area contributed by atoms with Gasteiger partial charge in [0.2, 0.25) is 0 Å². The van der Waals surface area contributed by atoms with Crippen LogP contribution in [0, 0.1) is 5.92 Å². The summed E-state index contributed by atoms with van der Waals surface area (Å²) < 4.78 is 2.24. The fraction of sp³-hybridized carbons (Fsp3) is 0.455. The maximum Gasteiger partial charge on any atom is 0.253 e. The lowest BCUT2D eigenvalue weighted by Crippen LogP contribution is -2.31. The summed E-state index contributed by atoms with van der Waals surface area (Å²) in [5.41, 5.74) is 5.54. The predicted octanol–water partition coefficient (Wildman–Crippen LogP) is 3.23. The van der Waals surface area contributed by atoms with Gasteiger partial charge in [0.1, 0.15) is 5.82 Å². The number of rotatable bonds is 2. The fourth-order valence-corrected chi connectivity index (χ4v) is 4.77. The molecular formula is C22H26N4O. The summed E-state index contributed by atoms with van der Waals surface area (Å²) in [5, 5.41) is 3.00. The summed E-state index contributed by atoms with van der Waals surface area (Å²) in [6.45, 7) is 3.84. The molecule has 0 radical (unpaired) electrons. The van der Waals surface area contributed by atoms with E-state index in [1.165, 1.54) is 31.5 Å². The highest BCUT2D eigenvalue weighted by molar-refractivity contribution is 6.06. The molecule has 140 valence electrons. The monoisotopic (exact) mass is 362 g/mol. The number of aromatic nitrogens is 2. The molecule has 3 aliphatic rings. The van der Waals surface area contributed by atoms with Crippen molar-refractivity contribution in [2.24, 2.45) is 5.92 Å². The van der Waals surface area contributed by atoms with Crippen LogP contribution in [0.25, 0.3) is 16.6 Å². The lowest BCUT2D eigenvalue weighted by molar-refractivity contribution is 0.0956. The van der Waals surface area contributed by atoms with Crippen LogP contribution in [0.4, 0.5) is 0 Å². The Labute approximate surface area is 159 Å². The summed E-state index contributed by atoms with van der Waals surface area (Å²) in [6.07, 6.45) is 9.36. The summed E-state index contributed by atoms with van der Waals surface area (Å²) in [5.74, 6) is 1.79. The van der Waals surface area contributed by atoms with Crippen LogP contribution in [0.1, 0.15) is 41.9 Å². The minimum atomic E-state index is 0.00729. The van der Waals surface area contributed by atoms with E-state index in [0.29, 0.717) is 6.54 Å². The molecule has 5 rings (SSSR count). The minimum absolute atomic E-state index is 0.00729. The Balaban J connectivity index is 1.50. The van der Waals surface area contributed by atoms with E-state index in [0.717, 1.165) is 47.7 Å². The van der Waals surface area contributed by atoms with Gasteiger partial charge in [0.15, 0.2) is 0 Å². The Morgan fingerprint density at radius 1 is 1.11 bits per heavy atom. The first-order valence-corrected chi connectivity index (χ1v) is 10.1. The normalized spacial score (nSPS) is 21.6. The number of hydrogen-bond acceptors (Lipinski definition) is 3. The number of piperidine rings is 1. The number of likely N-dealkylation sites (tertiary alicyclic amines) is 1. The second-order valence-electron chi connectivity index (χ2n) is 8.03. The molecule has 1 fully saturated rings. The largest absolute Gasteiger partial charge is 0.350 e. The first-order chi connectivity index (χ1) is 13.2. The van der Waals surface area contributed by atoms with E-state index in [-0.39, 0.29) is 5.91 Å². The van der Waals surface area contributed by atoms with Crippen LogP contribution in [0.15, 0.2) is 35.9 Å². The van der Waals surface area contributed by atoms with Gasteiger partial charge in [-0.05, 0) is 69.4 Å². The fourth-order valence-electron chi connectivity index (χ4n) is 4.77. The number of hydrogen-bond donors (Lipinski definition) is 1. The van der Waals surface area contributed by atoms with Gasteiger partial charge in [0.05, 0.1) is 16.6 Å². The molecule has 2 aromatic rings. The zero-order valence-electron chi connectivity index (χ0n) is 15.9. The molecule has 0 bridgehead atoms. The predicted molar refractivity (Wildman–Crippen MR) is 108 cm³/mol. The molecule has 5 heteroatoms. The second kappa shape index (κ2) is 6.64. The van der Waals surface area contributed by atoms with Crippen molar-refractivity contribution in [2.75, 3.05) is 26.7 Å². The number of para-hydroxylation sites is 1. The summed E-state index contributed by atoms with van der Waals surface area (Å²) >= 11 is 0. The standard InChI is InChI=1S/C22H26N4O/c1-25-12-9-16(10-13-25)15-5-7-17(8-6-15)21-24-19-4-2-3-18-20(19)26(21)14-11-23-22(18)27/h2-5,7,16H,6,8-14H2,1H3,(H,23,27). The van der Waals surface area contributed by atoms with E-state index in [2.05, 4.69) is 34.0 Å². The number of carbonyl (C=O) groups excluding carboxylic acids is 1. The highest BCUT2D eigenvalue weighted by Crippen LogP contribution is 2.35. The zero-order valence-corrected chi connectivity index (χ0v) is 15.9. The molecule has 3 heterocycles. The first-order valence-electron chi connectivity index (χ1n) is 10.1. The molecule has 0 spiro atoms. The van der Waals surface area contributed by atoms with Crippen LogP contribution in [0.5, 0.6) is 0 Å². The summed E-state index contributed by atoms with van der Waals surface area (Å²) in [4.78, 5) is 19.7. The van der Waals surface area contributed by atoms with Gasteiger partial charge in [-0.2, -0.15) is 0 Å². The Bertz CT molecular complexity index is 960. The van der Waals surface area contributed by atoms with Crippen molar-refractivity contribution in [3.63, 3.8) is 0 Å². The Kier molecular flexibility index (Phi) is 4.12. The smallest absolute Gasteiger partial charge is 0.253 e. The second-order valence-corrected chi connectivity index (χ2v) is 8.03. The Morgan fingerprint density at radius 3 is 2.74 bits per heavy atom. The van der Waals surface area contributed by atoms with Gasteiger partial charge in [-0.1, -0.05) is 23.8 Å². The van der Waals surface area contributed by atoms with Crippen LogP contribution >= 0.6 is 0 Å². The molecule has 1 saturated heterocycles. The van der Waals surface area contributed by atoms with E-state index < -0.39 is 0 Å². The number of benzene rings is 1. The topological polar surface area (TPSA) is 50.2 Å². The molecule has 1 aromatic heterocycles. The van der Waals surface area contributed by atoms with E-state index >= 15 is 0 Å². The van der Waals surface area contributed by atoms with Gasteiger partial charge in [-0.25, -0.2) is 4.98 Å². The van der Waals surface area contributed by atoms with Gasteiger partial charge in [-0.15, -0.1) is 0 Å². The minimum Gasteiger partial charge on any atom is -0.350 e. The van der Waals surface area contributed by atoms with Crippen molar-refractivity contribution in [3.05, 3.63) is 47.3 Å².